The Labute approximate surface area is 152 Å². The van der Waals surface area contributed by atoms with E-state index in [2.05, 4.69) is 15.6 Å². The molecule has 5 heteroatoms. The molecular formula is C21H19N3O2. The minimum absolute atomic E-state index is 0.296. The van der Waals surface area contributed by atoms with Crippen molar-refractivity contribution >= 4 is 23.2 Å². The highest BCUT2D eigenvalue weighted by Crippen LogP contribution is 2.17. The second-order valence-electron chi connectivity index (χ2n) is 5.89. The van der Waals surface area contributed by atoms with E-state index in [1.807, 2.05) is 36.4 Å². The van der Waals surface area contributed by atoms with Crippen LogP contribution in [0.1, 0.15) is 32.1 Å². The largest absolute Gasteiger partial charge is 0.322 e. The van der Waals surface area contributed by atoms with E-state index in [-0.39, 0.29) is 11.8 Å². The van der Waals surface area contributed by atoms with Crippen LogP contribution < -0.4 is 10.6 Å². The SMILES string of the molecule is Cc1nc(C)c(C(=O)Nc2ccccc2)cc1C(=O)Nc1ccccc1. The summed E-state index contributed by atoms with van der Waals surface area (Å²) in [5.41, 5.74) is 3.27. The number of benzene rings is 2. The number of carbonyl (C=O) groups excluding carboxylic acids is 2. The lowest BCUT2D eigenvalue weighted by Crippen LogP contribution is -2.19. The highest BCUT2D eigenvalue weighted by atomic mass is 16.2. The lowest BCUT2D eigenvalue weighted by atomic mass is 10.1. The highest BCUT2D eigenvalue weighted by Gasteiger charge is 2.17. The molecule has 3 aromatic rings. The Balaban J connectivity index is 1.87. The van der Waals surface area contributed by atoms with Crippen LogP contribution in [0.3, 0.4) is 0 Å². The topological polar surface area (TPSA) is 71.1 Å². The smallest absolute Gasteiger partial charge is 0.257 e. The first-order chi connectivity index (χ1) is 12.5. The van der Waals surface area contributed by atoms with E-state index < -0.39 is 0 Å². The van der Waals surface area contributed by atoms with Crippen molar-refractivity contribution in [3.8, 4) is 0 Å². The Morgan fingerprint density at radius 1 is 0.692 bits per heavy atom. The summed E-state index contributed by atoms with van der Waals surface area (Å²) in [5, 5.41) is 5.65. The van der Waals surface area contributed by atoms with E-state index >= 15 is 0 Å². The summed E-state index contributed by atoms with van der Waals surface area (Å²) in [6, 6.07) is 19.9. The van der Waals surface area contributed by atoms with Gasteiger partial charge in [-0.3, -0.25) is 14.6 Å². The molecule has 2 N–H and O–H groups in total. The predicted molar refractivity (Wildman–Crippen MR) is 103 cm³/mol. The molecule has 26 heavy (non-hydrogen) atoms. The van der Waals surface area contributed by atoms with Gasteiger partial charge in [-0.1, -0.05) is 36.4 Å². The van der Waals surface area contributed by atoms with Gasteiger partial charge in [0.1, 0.15) is 0 Å². The summed E-state index contributed by atoms with van der Waals surface area (Å²) >= 11 is 0. The van der Waals surface area contributed by atoms with Crippen molar-refractivity contribution < 1.29 is 9.59 Å². The Morgan fingerprint density at radius 3 is 1.46 bits per heavy atom. The third kappa shape index (κ3) is 3.95. The van der Waals surface area contributed by atoms with Crippen molar-refractivity contribution in [2.45, 2.75) is 13.8 Å². The van der Waals surface area contributed by atoms with Crippen LogP contribution in [0.2, 0.25) is 0 Å². The molecule has 130 valence electrons. The van der Waals surface area contributed by atoms with Crippen molar-refractivity contribution in [1.29, 1.82) is 0 Å². The summed E-state index contributed by atoms with van der Waals surface area (Å²) in [5.74, 6) is -0.593. The van der Waals surface area contributed by atoms with Crippen LogP contribution in [-0.4, -0.2) is 16.8 Å². The number of anilines is 2. The molecule has 0 aliphatic rings. The van der Waals surface area contributed by atoms with Crippen molar-refractivity contribution in [3.05, 3.63) is 89.2 Å². The maximum absolute atomic E-state index is 12.6. The zero-order chi connectivity index (χ0) is 18.5. The average Bonchev–Trinajstić information content (AvgIpc) is 2.63. The van der Waals surface area contributed by atoms with E-state index in [1.54, 1.807) is 44.2 Å². The van der Waals surface area contributed by atoms with Gasteiger partial charge in [0, 0.05) is 11.4 Å². The fourth-order valence-electron chi connectivity index (χ4n) is 2.62. The first kappa shape index (κ1) is 17.4. The number of aromatic nitrogens is 1. The fraction of sp³-hybridized carbons (Fsp3) is 0.0952. The molecule has 0 fully saturated rings. The maximum atomic E-state index is 12.6. The molecule has 0 radical (unpaired) electrons. The summed E-state index contributed by atoms with van der Waals surface area (Å²) in [7, 11) is 0. The second kappa shape index (κ2) is 7.61. The molecule has 2 amide bonds. The monoisotopic (exact) mass is 345 g/mol. The number of hydrogen-bond donors (Lipinski definition) is 2. The highest BCUT2D eigenvalue weighted by molar-refractivity contribution is 6.09. The van der Waals surface area contributed by atoms with Gasteiger partial charge < -0.3 is 10.6 Å². The van der Waals surface area contributed by atoms with Crippen LogP contribution in [0, 0.1) is 13.8 Å². The molecule has 3 rings (SSSR count). The lowest BCUT2D eigenvalue weighted by Gasteiger charge is -2.12. The zero-order valence-corrected chi connectivity index (χ0v) is 14.6. The molecule has 0 aliphatic heterocycles. The molecule has 5 nitrogen and oxygen atoms in total. The van der Waals surface area contributed by atoms with Gasteiger partial charge >= 0.3 is 0 Å². The van der Waals surface area contributed by atoms with E-state index in [0.717, 1.165) is 0 Å². The molecule has 1 heterocycles. The fourth-order valence-corrected chi connectivity index (χ4v) is 2.62. The molecule has 1 aromatic heterocycles. The second-order valence-corrected chi connectivity index (χ2v) is 5.89. The third-order valence-corrected chi connectivity index (χ3v) is 3.96. The zero-order valence-electron chi connectivity index (χ0n) is 14.6. The molecule has 0 unspecified atom stereocenters. The molecule has 0 aliphatic carbocycles. The molecule has 0 bridgehead atoms. The van der Waals surface area contributed by atoms with Crippen LogP contribution in [0.5, 0.6) is 0 Å². The maximum Gasteiger partial charge on any atom is 0.257 e. The Morgan fingerprint density at radius 2 is 1.08 bits per heavy atom. The number of pyridine rings is 1. The van der Waals surface area contributed by atoms with Gasteiger partial charge in [0.15, 0.2) is 0 Å². The summed E-state index contributed by atoms with van der Waals surface area (Å²) in [6.07, 6.45) is 0. The van der Waals surface area contributed by atoms with Gasteiger partial charge in [-0.25, -0.2) is 0 Å². The number of aryl methyl sites for hydroxylation is 2. The number of amides is 2. The first-order valence-corrected chi connectivity index (χ1v) is 8.25. The molecule has 0 spiro atoms. The Bertz CT molecular complexity index is 863. The Hall–Kier alpha value is -3.47. The quantitative estimate of drug-likeness (QED) is 0.744. The summed E-state index contributed by atoms with van der Waals surface area (Å²) in [4.78, 5) is 29.6. The lowest BCUT2D eigenvalue weighted by molar-refractivity contribution is 0.102. The minimum Gasteiger partial charge on any atom is -0.322 e. The number of nitrogens with one attached hydrogen (secondary N) is 2. The van der Waals surface area contributed by atoms with E-state index in [0.29, 0.717) is 33.9 Å². The van der Waals surface area contributed by atoms with Crippen LogP contribution >= 0.6 is 0 Å². The van der Waals surface area contributed by atoms with Gasteiger partial charge in [0.2, 0.25) is 0 Å². The van der Waals surface area contributed by atoms with Gasteiger partial charge in [0.25, 0.3) is 11.8 Å². The van der Waals surface area contributed by atoms with Crippen LogP contribution in [0.25, 0.3) is 0 Å². The van der Waals surface area contributed by atoms with Crippen LogP contribution in [0.4, 0.5) is 11.4 Å². The number of carbonyl (C=O) groups is 2. The molecular weight excluding hydrogens is 326 g/mol. The van der Waals surface area contributed by atoms with Crippen molar-refractivity contribution in [3.63, 3.8) is 0 Å². The van der Waals surface area contributed by atoms with Crippen molar-refractivity contribution in [1.82, 2.24) is 4.98 Å². The normalized spacial score (nSPS) is 10.2. The van der Waals surface area contributed by atoms with Gasteiger partial charge in [-0.2, -0.15) is 0 Å². The minimum atomic E-state index is -0.296. The standard InChI is InChI=1S/C21H19N3O2/c1-14-18(20(25)23-16-9-5-3-6-10-16)13-19(15(2)22-14)21(26)24-17-11-7-4-8-12-17/h3-13H,1-2H3,(H,23,25)(H,24,26). The number of hydrogen-bond acceptors (Lipinski definition) is 3. The van der Waals surface area contributed by atoms with Gasteiger partial charge in [-0.05, 0) is 44.2 Å². The van der Waals surface area contributed by atoms with E-state index in [1.165, 1.54) is 0 Å². The Kier molecular flexibility index (Phi) is 5.08. The van der Waals surface area contributed by atoms with E-state index in [9.17, 15) is 9.59 Å². The summed E-state index contributed by atoms with van der Waals surface area (Å²) < 4.78 is 0. The van der Waals surface area contributed by atoms with Crippen molar-refractivity contribution in [2.24, 2.45) is 0 Å². The molecule has 2 aromatic carbocycles. The predicted octanol–water partition coefficient (Wildman–Crippen LogP) is 4.20. The number of rotatable bonds is 4. The van der Waals surface area contributed by atoms with Gasteiger partial charge in [-0.15, -0.1) is 0 Å². The average molecular weight is 345 g/mol. The number of nitrogens with zero attached hydrogens (tertiary/aromatic N) is 1. The molecule has 0 saturated carbocycles. The van der Waals surface area contributed by atoms with Crippen molar-refractivity contribution in [2.75, 3.05) is 10.6 Å². The summed E-state index contributed by atoms with van der Waals surface area (Å²) in [6.45, 7) is 3.51. The third-order valence-electron chi connectivity index (χ3n) is 3.96. The molecule has 0 saturated heterocycles. The van der Waals surface area contributed by atoms with Crippen LogP contribution in [-0.2, 0) is 0 Å². The van der Waals surface area contributed by atoms with E-state index in [4.69, 9.17) is 0 Å². The number of para-hydroxylation sites is 2. The van der Waals surface area contributed by atoms with Crippen LogP contribution in [0.15, 0.2) is 66.7 Å². The molecule has 0 atom stereocenters. The first-order valence-electron chi connectivity index (χ1n) is 8.25. The van der Waals surface area contributed by atoms with Gasteiger partial charge in [0.05, 0.1) is 22.5 Å².